The van der Waals surface area contributed by atoms with E-state index in [2.05, 4.69) is 5.32 Å². The van der Waals surface area contributed by atoms with Crippen molar-refractivity contribution in [3.63, 3.8) is 0 Å². The average molecular weight is 281 g/mol. The van der Waals surface area contributed by atoms with E-state index in [0.29, 0.717) is 16.5 Å². The molecule has 1 aromatic carbocycles. The van der Waals surface area contributed by atoms with Crippen LogP contribution >= 0.6 is 12.2 Å². The second kappa shape index (κ2) is 6.73. The molecule has 0 amide bonds. The Balaban J connectivity index is 1.98. The van der Waals surface area contributed by atoms with Crippen LogP contribution < -0.4 is 14.8 Å². The monoisotopic (exact) mass is 281 g/mol. The predicted octanol–water partition coefficient (Wildman–Crippen LogP) is 2.15. The summed E-state index contributed by atoms with van der Waals surface area (Å²) in [5.74, 6) is 1.38. The predicted molar refractivity (Wildman–Crippen MR) is 78.2 cm³/mol. The molecular formula is C14H19NO3S. The molecule has 0 bridgehead atoms. The molecule has 1 saturated heterocycles. The van der Waals surface area contributed by atoms with E-state index in [4.69, 9.17) is 26.4 Å². The van der Waals surface area contributed by atoms with Gasteiger partial charge in [0.1, 0.15) is 4.99 Å². The third-order valence-corrected chi connectivity index (χ3v) is 3.54. The summed E-state index contributed by atoms with van der Waals surface area (Å²) in [6.45, 7) is 1.61. The Bertz CT molecular complexity index is 444. The van der Waals surface area contributed by atoms with Gasteiger partial charge in [-0.2, -0.15) is 0 Å². The van der Waals surface area contributed by atoms with Crippen molar-refractivity contribution in [3.05, 3.63) is 23.8 Å². The first-order valence-corrected chi connectivity index (χ1v) is 6.77. The van der Waals surface area contributed by atoms with Crippen LogP contribution in [0.5, 0.6) is 11.5 Å². The number of ether oxygens (including phenoxy) is 3. The van der Waals surface area contributed by atoms with Gasteiger partial charge >= 0.3 is 0 Å². The van der Waals surface area contributed by atoms with E-state index in [1.807, 2.05) is 18.2 Å². The Morgan fingerprint density at radius 1 is 1.37 bits per heavy atom. The molecule has 19 heavy (non-hydrogen) atoms. The maximum Gasteiger partial charge on any atom is 0.161 e. The smallest absolute Gasteiger partial charge is 0.161 e. The van der Waals surface area contributed by atoms with Gasteiger partial charge in [-0.3, -0.25) is 0 Å². The number of rotatable bonds is 5. The lowest BCUT2D eigenvalue weighted by molar-refractivity contribution is 0.114. The lowest BCUT2D eigenvalue weighted by Crippen LogP contribution is -2.31. The van der Waals surface area contributed by atoms with Gasteiger partial charge in [0.2, 0.25) is 0 Å². The van der Waals surface area contributed by atoms with Crippen molar-refractivity contribution in [2.75, 3.05) is 27.4 Å². The summed E-state index contributed by atoms with van der Waals surface area (Å²) in [6, 6.07) is 5.66. The van der Waals surface area contributed by atoms with Gasteiger partial charge in [-0.05, 0) is 31.0 Å². The van der Waals surface area contributed by atoms with Gasteiger partial charge in [0.25, 0.3) is 0 Å². The zero-order chi connectivity index (χ0) is 13.7. The average Bonchev–Trinajstić information content (AvgIpc) is 2.97. The van der Waals surface area contributed by atoms with Crippen molar-refractivity contribution in [2.45, 2.75) is 18.9 Å². The first kappa shape index (κ1) is 14.1. The normalized spacial score (nSPS) is 18.1. The van der Waals surface area contributed by atoms with Crippen LogP contribution in [-0.4, -0.2) is 38.5 Å². The number of methoxy groups -OCH3 is 2. The zero-order valence-electron chi connectivity index (χ0n) is 11.3. The lowest BCUT2D eigenvalue weighted by Gasteiger charge is -2.14. The third kappa shape index (κ3) is 3.58. The van der Waals surface area contributed by atoms with Crippen LogP contribution in [0.25, 0.3) is 0 Å². The van der Waals surface area contributed by atoms with Crippen molar-refractivity contribution in [3.8, 4) is 11.5 Å². The van der Waals surface area contributed by atoms with Gasteiger partial charge in [-0.15, -0.1) is 0 Å². The molecule has 1 heterocycles. The molecule has 4 nitrogen and oxygen atoms in total. The van der Waals surface area contributed by atoms with E-state index < -0.39 is 0 Å². The number of thiocarbonyl (C=S) groups is 1. The molecule has 1 aliphatic heterocycles. The van der Waals surface area contributed by atoms with Crippen LogP contribution in [0.2, 0.25) is 0 Å². The lowest BCUT2D eigenvalue weighted by atomic mass is 10.2. The fraction of sp³-hybridized carbons (Fsp3) is 0.500. The van der Waals surface area contributed by atoms with Gasteiger partial charge in [0, 0.05) is 18.7 Å². The summed E-state index contributed by atoms with van der Waals surface area (Å²) in [6.07, 6.45) is 2.51. The van der Waals surface area contributed by atoms with E-state index >= 15 is 0 Å². The Kier molecular flexibility index (Phi) is 4.99. The van der Waals surface area contributed by atoms with E-state index in [0.717, 1.165) is 31.6 Å². The second-order valence-corrected chi connectivity index (χ2v) is 4.82. The summed E-state index contributed by atoms with van der Waals surface area (Å²) in [5, 5.41) is 3.24. The van der Waals surface area contributed by atoms with Crippen molar-refractivity contribution in [1.29, 1.82) is 0 Å². The molecule has 0 aliphatic carbocycles. The van der Waals surface area contributed by atoms with Gasteiger partial charge in [0.15, 0.2) is 11.5 Å². The van der Waals surface area contributed by atoms with Crippen molar-refractivity contribution < 1.29 is 14.2 Å². The van der Waals surface area contributed by atoms with Crippen molar-refractivity contribution >= 4 is 17.2 Å². The first-order valence-electron chi connectivity index (χ1n) is 6.36. The largest absolute Gasteiger partial charge is 0.493 e. The Morgan fingerprint density at radius 2 is 2.16 bits per heavy atom. The minimum atomic E-state index is 0.276. The number of benzene rings is 1. The highest BCUT2D eigenvalue weighted by Crippen LogP contribution is 2.27. The summed E-state index contributed by atoms with van der Waals surface area (Å²) < 4.78 is 16.0. The van der Waals surface area contributed by atoms with Gasteiger partial charge in [-0.25, -0.2) is 0 Å². The molecule has 1 aliphatic rings. The van der Waals surface area contributed by atoms with Crippen LogP contribution in [0, 0.1) is 0 Å². The van der Waals surface area contributed by atoms with Crippen LogP contribution in [0.15, 0.2) is 18.2 Å². The van der Waals surface area contributed by atoms with Gasteiger partial charge in [-0.1, -0.05) is 12.2 Å². The highest BCUT2D eigenvalue weighted by Gasteiger charge is 2.16. The maximum atomic E-state index is 5.55. The van der Waals surface area contributed by atoms with Crippen LogP contribution in [0.4, 0.5) is 0 Å². The molecule has 1 fully saturated rings. The van der Waals surface area contributed by atoms with Gasteiger partial charge in [0.05, 0.1) is 20.3 Å². The standard InChI is InChI=1S/C14H19NO3S/c1-16-12-6-5-10(8-13(12)17-2)14(19)15-9-11-4-3-7-18-11/h5-6,8,11H,3-4,7,9H2,1-2H3,(H,15,19)/t11-/m1/s1. The van der Waals surface area contributed by atoms with Gasteiger partial charge < -0.3 is 19.5 Å². The quantitative estimate of drug-likeness (QED) is 0.837. The molecule has 0 aromatic heterocycles. The SMILES string of the molecule is COc1ccc(C(=S)NC[C@H]2CCCO2)cc1OC. The molecule has 1 N–H and O–H groups in total. The van der Waals surface area contributed by atoms with Crippen LogP contribution in [0.1, 0.15) is 18.4 Å². The summed E-state index contributed by atoms with van der Waals surface area (Å²) >= 11 is 5.38. The summed E-state index contributed by atoms with van der Waals surface area (Å²) in [5.41, 5.74) is 0.922. The molecule has 2 rings (SSSR count). The van der Waals surface area contributed by atoms with Crippen molar-refractivity contribution in [1.82, 2.24) is 5.32 Å². The molecule has 104 valence electrons. The zero-order valence-corrected chi connectivity index (χ0v) is 12.1. The molecule has 1 atom stereocenters. The molecule has 0 radical (unpaired) electrons. The third-order valence-electron chi connectivity index (χ3n) is 3.16. The Labute approximate surface area is 119 Å². The first-order chi connectivity index (χ1) is 9.24. The minimum Gasteiger partial charge on any atom is -0.493 e. The molecule has 5 heteroatoms. The second-order valence-electron chi connectivity index (χ2n) is 4.41. The number of hydrogen-bond donors (Lipinski definition) is 1. The number of hydrogen-bond acceptors (Lipinski definition) is 4. The topological polar surface area (TPSA) is 39.7 Å². The Hall–Kier alpha value is -1.33. The highest BCUT2D eigenvalue weighted by molar-refractivity contribution is 7.80. The fourth-order valence-electron chi connectivity index (χ4n) is 2.09. The molecule has 0 saturated carbocycles. The van der Waals surface area contributed by atoms with E-state index in [1.165, 1.54) is 0 Å². The number of nitrogens with one attached hydrogen (secondary N) is 1. The highest BCUT2D eigenvalue weighted by atomic mass is 32.1. The summed E-state index contributed by atoms with van der Waals surface area (Å²) in [4.78, 5) is 0.705. The van der Waals surface area contributed by atoms with Crippen molar-refractivity contribution in [2.24, 2.45) is 0 Å². The van der Waals surface area contributed by atoms with Crippen LogP contribution in [0.3, 0.4) is 0 Å². The molecule has 0 unspecified atom stereocenters. The molecular weight excluding hydrogens is 262 g/mol. The van der Waals surface area contributed by atoms with Crippen LogP contribution in [-0.2, 0) is 4.74 Å². The van der Waals surface area contributed by atoms with E-state index in [-0.39, 0.29) is 6.10 Å². The fourth-order valence-corrected chi connectivity index (χ4v) is 2.30. The maximum absolute atomic E-state index is 5.55. The molecule has 1 aromatic rings. The Morgan fingerprint density at radius 3 is 2.79 bits per heavy atom. The summed E-state index contributed by atoms with van der Waals surface area (Å²) in [7, 11) is 3.23. The van der Waals surface area contributed by atoms with E-state index in [1.54, 1.807) is 14.2 Å². The minimum absolute atomic E-state index is 0.276. The van der Waals surface area contributed by atoms with E-state index in [9.17, 15) is 0 Å². The molecule has 0 spiro atoms.